The number of carboxylic acids is 1. The van der Waals surface area contributed by atoms with Gasteiger partial charge in [0, 0.05) is 22.4 Å². The number of hydrazone groups is 1. The van der Waals surface area contributed by atoms with Crippen molar-refractivity contribution in [3.8, 4) is 11.3 Å². The molecule has 1 aromatic heterocycles. The molecule has 2 aromatic carbocycles. The average Bonchev–Trinajstić information content (AvgIpc) is 3.13. The molecule has 2 heterocycles. The number of nitrogens with one attached hydrogen (secondary N) is 2. The Labute approximate surface area is 195 Å². The Morgan fingerprint density at radius 1 is 1.15 bits per heavy atom. The number of pyridine rings is 1. The van der Waals surface area contributed by atoms with Crippen LogP contribution >= 0.6 is 0 Å². The summed E-state index contributed by atoms with van der Waals surface area (Å²) in [4.78, 5) is 28.4. The van der Waals surface area contributed by atoms with Crippen LogP contribution in [0.5, 0.6) is 0 Å². The van der Waals surface area contributed by atoms with Crippen LogP contribution in [-0.2, 0) is 9.59 Å². The minimum absolute atomic E-state index is 0.0193. The molecule has 0 atom stereocenters. The number of benzene rings is 2. The van der Waals surface area contributed by atoms with E-state index in [2.05, 4.69) is 5.43 Å². The van der Waals surface area contributed by atoms with Crippen LogP contribution in [0.4, 0.5) is 0 Å². The number of carboxylic acid groups (broad SMARTS) is 1. The normalized spacial score (nSPS) is 23.1. The van der Waals surface area contributed by atoms with Gasteiger partial charge >= 0.3 is 11.8 Å². The third kappa shape index (κ3) is 3.63. The molecule has 5 N–H and O–H groups in total. The van der Waals surface area contributed by atoms with Gasteiger partial charge in [0.25, 0.3) is 5.91 Å². The van der Waals surface area contributed by atoms with E-state index in [1.807, 2.05) is 60.7 Å². The number of amidine groups is 1. The molecule has 0 bridgehead atoms. The maximum absolute atomic E-state index is 12.3. The average molecular weight is 455 g/mol. The first-order chi connectivity index (χ1) is 16.2. The summed E-state index contributed by atoms with van der Waals surface area (Å²) >= 11 is 0. The van der Waals surface area contributed by atoms with Gasteiger partial charge in [0.05, 0.1) is 22.8 Å². The number of hydrogen-bond acceptors (Lipinski definition) is 5. The number of carbonyl (C=O) groups excluding carboxylic acids is 1. The monoisotopic (exact) mass is 454 g/mol. The Morgan fingerprint density at radius 2 is 1.85 bits per heavy atom. The number of hydrogen-bond donors (Lipinski definition) is 4. The number of aliphatic carboxylic acids is 1. The highest BCUT2D eigenvalue weighted by Gasteiger charge is 2.47. The Balaban J connectivity index is 1.49. The van der Waals surface area contributed by atoms with E-state index in [0.717, 1.165) is 22.2 Å². The molecule has 34 heavy (non-hydrogen) atoms. The fraction of sp³-hybridized carbons (Fsp3) is 0.192. The lowest BCUT2D eigenvalue weighted by Crippen LogP contribution is -2.44. The van der Waals surface area contributed by atoms with Gasteiger partial charge in [0.1, 0.15) is 5.70 Å². The number of nitrogens with two attached hydrogens (primary N) is 1. The molecule has 3 aromatic rings. The van der Waals surface area contributed by atoms with Crippen molar-refractivity contribution < 1.29 is 19.4 Å². The summed E-state index contributed by atoms with van der Waals surface area (Å²) in [5.74, 6) is -1.61. The molecule has 1 saturated carbocycles. The first kappa shape index (κ1) is 21.5. The molecule has 1 aliphatic carbocycles. The summed E-state index contributed by atoms with van der Waals surface area (Å²) in [6.07, 6.45) is 2.70. The van der Waals surface area contributed by atoms with Crippen molar-refractivity contribution in [1.82, 2.24) is 10.4 Å². The highest BCUT2D eigenvalue weighted by molar-refractivity contribution is 6.23. The summed E-state index contributed by atoms with van der Waals surface area (Å²) in [6.45, 7) is 1.71. The molecule has 8 nitrogen and oxygen atoms in total. The second-order valence-corrected chi connectivity index (χ2v) is 9.10. The smallest absolute Gasteiger partial charge is 0.353 e. The molecule has 170 valence electrons. The zero-order valence-electron chi connectivity index (χ0n) is 18.6. The number of fused-ring (bicyclic) bond motifs is 1. The lowest BCUT2D eigenvalue weighted by atomic mass is 9.63. The van der Waals surface area contributed by atoms with E-state index >= 15 is 0 Å². The van der Waals surface area contributed by atoms with Gasteiger partial charge in [0.2, 0.25) is 0 Å². The van der Waals surface area contributed by atoms with Crippen molar-refractivity contribution in [1.29, 1.82) is 5.41 Å². The van der Waals surface area contributed by atoms with E-state index < -0.39 is 17.3 Å². The molecule has 1 fully saturated rings. The maximum atomic E-state index is 12.3. The number of amides is 1. The standard InChI is InChI=1S/C26H23N5O3/c1-26(25(33)34)12-15(13-26)14-31-23(27)21(24(28)32)22(30-31)18-8-7-17-9-10-19(29-20(17)11-18)16-5-3-2-4-6-16/h2-11,14-15H,12-13H2,1H3,(H4-,27,28,30,32,33,34)/p+1/b31-14-. The van der Waals surface area contributed by atoms with Crippen molar-refractivity contribution in [2.75, 3.05) is 0 Å². The Hall–Kier alpha value is -4.33. The minimum Gasteiger partial charge on any atom is -0.481 e. The van der Waals surface area contributed by atoms with Gasteiger partial charge in [0.15, 0.2) is 5.57 Å². The van der Waals surface area contributed by atoms with Crippen LogP contribution < -0.4 is 11.2 Å². The van der Waals surface area contributed by atoms with Crippen molar-refractivity contribution in [2.45, 2.75) is 19.8 Å². The third-order valence-corrected chi connectivity index (χ3v) is 6.56. The predicted octanol–water partition coefficient (Wildman–Crippen LogP) is 3.18. The molecular weight excluding hydrogens is 430 g/mol. The highest BCUT2D eigenvalue weighted by Crippen LogP contribution is 2.44. The largest absolute Gasteiger partial charge is 0.481 e. The summed E-state index contributed by atoms with van der Waals surface area (Å²) in [5.41, 5.74) is 11.8. The van der Waals surface area contributed by atoms with Crippen molar-refractivity contribution >= 4 is 40.5 Å². The fourth-order valence-corrected chi connectivity index (χ4v) is 4.66. The number of hydrazine groups is 1. The van der Waals surface area contributed by atoms with Crippen LogP contribution in [0, 0.1) is 16.7 Å². The molecule has 0 radical (unpaired) electrons. The van der Waals surface area contributed by atoms with E-state index in [0.29, 0.717) is 24.1 Å². The van der Waals surface area contributed by atoms with Gasteiger partial charge in [-0.3, -0.25) is 9.59 Å². The van der Waals surface area contributed by atoms with Gasteiger partial charge in [-0.1, -0.05) is 53.9 Å². The van der Waals surface area contributed by atoms with E-state index in [9.17, 15) is 14.7 Å². The topological polar surface area (TPSA) is 132 Å². The molecular formula is C26H24N5O3+. The summed E-state index contributed by atoms with van der Waals surface area (Å²) in [5, 5.41) is 18.8. The molecule has 1 amide bonds. The van der Waals surface area contributed by atoms with Crippen LogP contribution in [0.15, 0.2) is 66.2 Å². The van der Waals surface area contributed by atoms with Crippen LogP contribution in [0.1, 0.15) is 25.3 Å². The molecule has 8 heteroatoms. The third-order valence-electron chi connectivity index (χ3n) is 6.56. The summed E-state index contributed by atoms with van der Waals surface area (Å²) < 4.78 is 1.46. The lowest BCUT2D eigenvalue weighted by Gasteiger charge is -2.39. The van der Waals surface area contributed by atoms with Crippen molar-refractivity contribution in [3.63, 3.8) is 0 Å². The predicted molar refractivity (Wildman–Crippen MR) is 129 cm³/mol. The minimum atomic E-state index is -0.822. The number of primary amides is 1. The lowest BCUT2D eigenvalue weighted by molar-refractivity contribution is -0.452. The Kier molecular flexibility index (Phi) is 5.01. The van der Waals surface area contributed by atoms with E-state index in [1.54, 1.807) is 13.1 Å². The summed E-state index contributed by atoms with van der Waals surface area (Å²) in [7, 11) is 0. The van der Waals surface area contributed by atoms with Crippen molar-refractivity contribution in [3.05, 3.63) is 71.8 Å². The van der Waals surface area contributed by atoms with Gasteiger partial charge in [-0.2, -0.15) is 0 Å². The molecule has 5 rings (SSSR count). The first-order valence-corrected chi connectivity index (χ1v) is 11.0. The zero-order valence-corrected chi connectivity index (χ0v) is 18.6. The van der Waals surface area contributed by atoms with E-state index in [1.165, 1.54) is 4.68 Å². The van der Waals surface area contributed by atoms with E-state index in [-0.39, 0.29) is 17.3 Å². The molecule has 0 saturated heterocycles. The molecule has 0 unspecified atom stereocenters. The number of aromatic nitrogens is 1. The van der Waals surface area contributed by atoms with Gasteiger partial charge < -0.3 is 10.8 Å². The number of carbonyl (C=O) groups is 2. The van der Waals surface area contributed by atoms with Gasteiger partial charge in [-0.15, -0.1) is 4.68 Å². The van der Waals surface area contributed by atoms with Crippen molar-refractivity contribution in [2.24, 2.45) is 17.1 Å². The molecule has 0 spiro atoms. The Bertz CT molecular complexity index is 1420. The Morgan fingerprint density at radius 3 is 2.53 bits per heavy atom. The quantitative estimate of drug-likeness (QED) is 0.440. The highest BCUT2D eigenvalue weighted by atomic mass is 16.4. The SMILES string of the molecule is CC1(C(=O)O)CC(/C=[N+]2\NC(c3ccc4ccc(-c5ccccc5)nc4c3)=C(C(N)=O)C2=N)C1. The van der Waals surface area contributed by atoms with Crippen LogP contribution in [-0.4, -0.2) is 38.7 Å². The second-order valence-electron chi connectivity index (χ2n) is 9.10. The number of nitrogens with zero attached hydrogens (tertiary/aromatic N) is 2. The number of rotatable bonds is 5. The summed E-state index contributed by atoms with van der Waals surface area (Å²) in [6, 6.07) is 19.5. The molecule has 1 aliphatic heterocycles. The van der Waals surface area contributed by atoms with Gasteiger partial charge in [-0.25, -0.2) is 10.4 Å². The second kappa shape index (κ2) is 7.91. The van der Waals surface area contributed by atoms with Crippen LogP contribution in [0.3, 0.4) is 0 Å². The van der Waals surface area contributed by atoms with Crippen LogP contribution in [0.2, 0.25) is 0 Å². The van der Waals surface area contributed by atoms with Gasteiger partial charge in [-0.05, 0) is 31.9 Å². The maximum Gasteiger partial charge on any atom is 0.353 e. The zero-order chi connectivity index (χ0) is 24.0. The fourth-order valence-electron chi connectivity index (χ4n) is 4.66. The van der Waals surface area contributed by atoms with Crippen LogP contribution in [0.25, 0.3) is 27.9 Å². The molecule has 2 aliphatic rings. The van der Waals surface area contributed by atoms with E-state index in [4.69, 9.17) is 16.1 Å². The first-order valence-electron chi connectivity index (χ1n) is 11.0.